The third-order valence-electron chi connectivity index (χ3n) is 4.98. The second-order valence-corrected chi connectivity index (χ2v) is 6.60. The lowest BCUT2D eigenvalue weighted by Gasteiger charge is -2.44. The van der Waals surface area contributed by atoms with E-state index >= 15 is 0 Å². The van der Waals surface area contributed by atoms with Gasteiger partial charge in [-0.15, -0.1) is 0 Å². The van der Waals surface area contributed by atoms with Gasteiger partial charge in [-0.2, -0.15) is 8.78 Å². The first-order valence-corrected chi connectivity index (χ1v) is 8.48. The van der Waals surface area contributed by atoms with Crippen LogP contribution in [0.5, 0.6) is 5.75 Å². The van der Waals surface area contributed by atoms with Gasteiger partial charge in [0.1, 0.15) is 0 Å². The monoisotopic (exact) mass is 357 g/mol. The number of alkyl halides is 2. The minimum atomic E-state index is -3.07. The average molecular weight is 357 g/mol. The van der Waals surface area contributed by atoms with Gasteiger partial charge in [0.2, 0.25) is 0 Å². The largest absolute Gasteiger partial charge is 0.432 e. The molecule has 0 saturated carbocycles. The molecule has 3 fully saturated rings. The molecule has 1 aromatic carbocycles. The lowest BCUT2D eigenvalue weighted by molar-refractivity contribution is -0.0522. The molecule has 3 aliphatic heterocycles. The summed E-state index contributed by atoms with van der Waals surface area (Å²) in [6.45, 7) is 1.01. The van der Waals surface area contributed by atoms with E-state index in [9.17, 15) is 18.0 Å². The molecule has 4 rings (SSSR count). The van der Waals surface area contributed by atoms with Crippen molar-refractivity contribution in [1.29, 1.82) is 0 Å². The van der Waals surface area contributed by atoms with E-state index in [0.717, 1.165) is 31.8 Å². The zero-order valence-electron chi connectivity index (χ0n) is 13.8. The minimum absolute atomic E-state index is 0.109. The Hall–Kier alpha value is -1.96. The number of carbonyl (C=O) groups excluding carboxylic acids is 1. The van der Waals surface area contributed by atoms with Crippen molar-refractivity contribution in [1.82, 2.24) is 15.5 Å². The van der Waals surface area contributed by atoms with Crippen LogP contribution in [0.4, 0.5) is 18.0 Å². The van der Waals surface area contributed by atoms with Gasteiger partial charge in [0.25, 0.3) is 0 Å². The number of benzene rings is 1. The molecule has 0 spiro atoms. The molecule has 0 aliphatic carbocycles. The van der Waals surface area contributed by atoms with Crippen LogP contribution in [0.3, 0.4) is 0 Å². The molecule has 3 saturated heterocycles. The number of fused-ring (bicyclic) bond motifs is 3. The molecule has 1 aromatic rings. The van der Waals surface area contributed by atoms with Crippen molar-refractivity contribution < 1.29 is 22.7 Å². The third-order valence-corrected chi connectivity index (χ3v) is 4.98. The molecular weight excluding hydrogens is 335 g/mol. The molecule has 25 heavy (non-hydrogen) atoms. The van der Waals surface area contributed by atoms with Crippen LogP contribution in [-0.4, -0.2) is 43.7 Å². The lowest BCUT2D eigenvalue weighted by atomic mass is 9.79. The van der Waals surface area contributed by atoms with Gasteiger partial charge in [-0.05, 0) is 55.5 Å². The number of rotatable bonds is 6. The molecule has 1 atom stereocenters. The number of amides is 2. The quantitative estimate of drug-likeness (QED) is 0.823. The molecule has 1 unspecified atom stereocenters. The summed E-state index contributed by atoms with van der Waals surface area (Å²) in [6.07, 6.45) is 2.39. The van der Waals surface area contributed by atoms with Crippen LogP contribution < -0.4 is 15.4 Å². The summed E-state index contributed by atoms with van der Waals surface area (Å²) in [5.74, 6) is -0.226. The number of halogens is 3. The molecule has 0 radical (unpaired) electrons. The highest BCUT2D eigenvalue weighted by molar-refractivity contribution is 5.73. The number of urea groups is 1. The maximum absolute atomic E-state index is 13.6. The van der Waals surface area contributed by atoms with E-state index in [1.165, 1.54) is 18.9 Å². The van der Waals surface area contributed by atoms with Crippen LogP contribution in [0.15, 0.2) is 18.2 Å². The van der Waals surface area contributed by atoms with E-state index in [1.54, 1.807) is 0 Å². The van der Waals surface area contributed by atoms with Crippen molar-refractivity contribution in [3.05, 3.63) is 29.6 Å². The van der Waals surface area contributed by atoms with Gasteiger partial charge in [0.05, 0.1) is 0 Å². The maximum atomic E-state index is 13.6. The van der Waals surface area contributed by atoms with E-state index in [1.807, 2.05) is 0 Å². The van der Waals surface area contributed by atoms with Crippen molar-refractivity contribution in [2.24, 2.45) is 11.8 Å². The lowest BCUT2D eigenvalue weighted by Crippen LogP contribution is -2.51. The second kappa shape index (κ2) is 7.95. The van der Waals surface area contributed by atoms with Gasteiger partial charge in [-0.3, -0.25) is 0 Å². The highest BCUT2D eigenvalue weighted by Crippen LogP contribution is 2.31. The summed E-state index contributed by atoms with van der Waals surface area (Å²) in [4.78, 5) is 14.3. The molecule has 5 nitrogen and oxygen atoms in total. The number of carbonyl (C=O) groups is 1. The fourth-order valence-electron chi connectivity index (χ4n) is 3.63. The Morgan fingerprint density at radius 1 is 1.28 bits per heavy atom. The first kappa shape index (κ1) is 17.8. The van der Waals surface area contributed by atoms with E-state index < -0.39 is 18.2 Å². The number of ether oxygens (including phenoxy) is 1. The van der Waals surface area contributed by atoms with Crippen LogP contribution in [0.1, 0.15) is 18.4 Å². The predicted octanol–water partition coefficient (Wildman–Crippen LogP) is 2.57. The van der Waals surface area contributed by atoms with Gasteiger partial charge < -0.3 is 20.3 Å². The SMILES string of the molecule is O=C(NCc1ccc(OC(F)F)c(F)c1)NCC1CN2CCC1CC2. The van der Waals surface area contributed by atoms with Crippen molar-refractivity contribution in [2.45, 2.75) is 26.0 Å². The van der Waals surface area contributed by atoms with Crippen LogP contribution in [-0.2, 0) is 6.54 Å². The normalized spacial score (nSPS) is 25.0. The summed E-state index contributed by atoms with van der Waals surface area (Å²) in [6, 6.07) is 3.33. The molecule has 2 amide bonds. The van der Waals surface area contributed by atoms with Crippen LogP contribution in [0.25, 0.3) is 0 Å². The number of hydrogen-bond acceptors (Lipinski definition) is 3. The Labute approximate surface area is 144 Å². The molecule has 0 aromatic heterocycles. The predicted molar refractivity (Wildman–Crippen MR) is 85.9 cm³/mol. The third kappa shape index (κ3) is 4.78. The maximum Gasteiger partial charge on any atom is 0.387 e. The summed E-state index contributed by atoms with van der Waals surface area (Å²) >= 11 is 0. The van der Waals surface area contributed by atoms with E-state index in [4.69, 9.17) is 0 Å². The number of hydrogen-bond donors (Lipinski definition) is 2. The Kier molecular flexibility index (Phi) is 5.67. The first-order valence-electron chi connectivity index (χ1n) is 8.48. The van der Waals surface area contributed by atoms with Crippen LogP contribution in [0.2, 0.25) is 0 Å². The molecule has 138 valence electrons. The van der Waals surface area contributed by atoms with E-state index in [2.05, 4.69) is 20.3 Å². The molecule has 2 N–H and O–H groups in total. The van der Waals surface area contributed by atoms with Gasteiger partial charge in [-0.25, -0.2) is 9.18 Å². The standard InChI is InChI=1S/C17H22F3N3O2/c18-14-7-11(1-2-15(14)25-16(19)20)8-21-17(24)22-9-13-10-23-5-3-12(13)4-6-23/h1-2,7,12-13,16H,3-6,8-10H2,(H2,21,22,24). The molecule has 3 aliphatic rings. The number of piperidine rings is 3. The highest BCUT2D eigenvalue weighted by Gasteiger charge is 2.33. The zero-order valence-corrected chi connectivity index (χ0v) is 13.8. The molecular formula is C17H22F3N3O2. The van der Waals surface area contributed by atoms with Crippen LogP contribution in [0, 0.1) is 17.7 Å². The number of nitrogens with one attached hydrogen (secondary N) is 2. The fourth-order valence-corrected chi connectivity index (χ4v) is 3.63. The number of nitrogens with zero attached hydrogens (tertiary/aromatic N) is 1. The van der Waals surface area contributed by atoms with Gasteiger partial charge in [0.15, 0.2) is 11.6 Å². The van der Waals surface area contributed by atoms with Gasteiger partial charge in [0, 0.05) is 19.6 Å². The van der Waals surface area contributed by atoms with Crippen molar-refractivity contribution in [2.75, 3.05) is 26.2 Å². The highest BCUT2D eigenvalue weighted by atomic mass is 19.3. The minimum Gasteiger partial charge on any atom is -0.432 e. The Morgan fingerprint density at radius 3 is 2.64 bits per heavy atom. The first-order chi connectivity index (χ1) is 12.0. The van der Waals surface area contributed by atoms with Crippen molar-refractivity contribution in [3.8, 4) is 5.75 Å². The topological polar surface area (TPSA) is 53.6 Å². The van der Waals surface area contributed by atoms with E-state index in [-0.39, 0.29) is 12.6 Å². The van der Waals surface area contributed by atoms with Crippen molar-refractivity contribution in [3.63, 3.8) is 0 Å². The Balaban J connectivity index is 1.42. The Morgan fingerprint density at radius 2 is 2.04 bits per heavy atom. The molecule has 8 heteroatoms. The summed E-state index contributed by atoms with van der Waals surface area (Å²) < 4.78 is 41.8. The van der Waals surface area contributed by atoms with Gasteiger partial charge in [-0.1, -0.05) is 6.07 Å². The van der Waals surface area contributed by atoms with E-state index in [0.29, 0.717) is 23.9 Å². The second-order valence-electron chi connectivity index (χ2n) is 6.60. The zero-order chi connectivity index (χ0) is 17.8. The van der Waals surface area contributed by atoms with Crippen molar-refractivity contribution >= 4 is 6.03 Å². The smallest absolute Gasteiger partial charge is 0.387 e. The summed E-state index contributed by atoms with van der Waals surface area (Å²) in [5, 5.41) is 5.52. The van der Waals surface area contributed by atoms with Gasteiger partial charge >= 0.3 is 12.6 Å². The summed E-state index contributed by atoms with van der Waals surface area (Å²) in [7, 11) is 0. The molecule has 3 heterocycles. The Bertz CT molecular complexity index is 607. The molecule has 2 bridgehead atoms. The van der Waals surface area contributed by atoms with Crippen LogP contribution >= 0.6 is 0 Å². The average Bonchev–Trinajstić information content (AvgIpc) is 2.61. The summed E-state index contributed by atoms with van der Waals surface area (Å²) in [5.41, 5.74) is 0.470. The fraction of sp³-hybridized carbons (Fsp3) is 0.588.